The van der Waals surface area contributed by atoms with Crippen molar-refractivity contribution in [3.8, 4) is 11.5 Å². The molecular formula is C39H54N2O3. The molecule has 0 N–H and O–H groups in total. The minimum atomic E-state index is 0.164. The van der Waals surface area contributed by atoms with Gasteiger partial charge in [-0.05, 0) is 150 Å². The molecule has 2 atom stereocenters. The number of Topliss-reactive ketones (excluding diaryl/α,β-unsaturated/α-hetero) is 1. The first kappa shape index (κ1) is 32.5. The van der Waals surface area contributed by atoms with Crippen molar-refractivity contribution in [3.63, 3.8) is 0 Å². The van der Waals surface area contributed by atoms with Crippen LogP contribution in [0.2, 0.25) is 0 Å². The van der Waals surface area contributed by atoms with Gasteiger partial charge in [0.2, 0.25) is 0 Å². The van der Waals surface area contributed by atoms with Crippen LogP contribution in [0.1, 0.15) is 89.2 Å². The van der Waals surface area contributed by atoms with Gasteiger partial charge in [0.05, 0.1) is 13.2 Å². The van der Waals surface area contributed by atoms with E-state index in [0.717, 1.165) is 84.5 Å². The second-order valence-corrected chi connectivity index (χ2v) is 13.5. The van der Waals surface area contributed by atoms with E-state index in [1.807, 2.05) is 36.4 Å². The molecule has 0 amide bonds. The monoisotopic (exact) mass is 598 g/mol. The van der Waals surface area contributed by atoms with Gasteiger partial charge in [0, 0.05) is 24.2 Å². The Hall–Kier alpha value is -2.89. The molecule has 2 aliphatic heterocycles. The number of nitrogens with zero attached hydrogens (tertiary/aromatic N) is 2. The van der Waals surface area contributed by atoms with E-state index in [1.54, 1.807) is 0 Å². The Kier molecular flexibility index (Phi) is 12.5. The van der Waals surface area contributed by atoms with Crippen molar-refractivity contribution in [1.29, 1.82) is 0 Å². The zero-order valence-corrected chi connectivity index (χ0v) is 27.3. The first-order valence-corrected chi connectivity index (χ1v) is 17.4. The third-order valence-corrected chi connectivity index (χ3v) is 9.45. The molecule has 5 heteroatoms. The molecule has 5 nitrogen and oxygen atoms in total. The van der Waals surface area contributed by atoms with Crippen molar-refractivity contribution < 1.29 is 14.3 Å². The van der Waals surface area contributed by atoms with Gasteiger partial charge in [0.15, 0.2) is 5.78 Å². The van der Waals surface area contributed by atoms with Crippen LogP contribution < -0.4 is 9.47 Å². The fourth-order valence-electron chi connectivity index (χ4n) is 6.94. The highest BCUT2D eigenvalue weighted by atomic mass is 16.5. The molecule has 0 spiro atoms. The highest BCUT2D eigenvalue weighted by Crippen LogP contribution is 2.30. The van der Waals surface area contributed by atoms with E-state index in [2.05, 4.69) is 47.9 Å². The number of rotatable bonds is 14. The number of likely N-dealkylation sites (tertiary alicyclic amines) is 2. The van der Waals surface area contributed by atoms with Crippen LogP contribution >= 0.6 is 0 Å². The Morgan fingerprint density at radius 2 is 1.09 bits per heavy atom. The molecule has 5 rings (SSSR count). The summed E-state index contributed by atoms with van der Waals surface area (Å²) >= 11 is 0. The maximum absolute atomic E-state index is 13.1. The molecule has 1 saturated carbocycles. The van der Waals surface area contributed by atoms with Crippen molar-refractivity contribution in [2.75, 3.05) is 52.5 Å². The van der Waals surface area contributed by atoms with E-state index in [4.69, 9.17) is 9.47 Å². The minimum absolute atomic E-state index is 0.164. The van der Waals surface area contributed by atoms with Crippen LogP contribution in [0, 0.1) is 11.8 Å². The van der Waals surface area contributed by atoms with Crippen LogP contribution in [0.25, 0.3) is 12.2 Å². The maximum Gasteiger partial charge on any atom is 0.185 e. The van der Waals surface area contributed by atoms with Gasteiger partial charge in [-0.1, -0.05) is 38.1 Å². The summed E-state index contributed by atoms with van der Waals surface area (Å²) in [5, 5.41) is 0. The van der Waals surface area contributed by atoms with Gasteiger partial charge >= 0.3 is 0 Å². The van der Waals surface area contributed by atoms with Crippen LogP contribution in [0.15, 0.2) is 59.7 Å². The summed E-state index contributed by atoms with van der Waals surface area (Å²) in [6.07, 6.45) is 15.6. The SMILES string of the molecule is CC1CCCN(CCCCOc2ccc(/C=C3\CC/C(=C\c4ccc(OCCCCN5CCCC(C)C5)cc4)C3=O)cc2)C1. The molecule has 0 aromatic heterocycles. The number of hydrogen-bond donors (Lipinski definition) is 0. The van der Waals surface area contributed by atoms with Gasteiger partial charge in [-0.3, -0.25) is 4.79 Å². The van der Waals surface area contributed by atoms with E-state index >= 15 is 0 Å². The fraction of sp³-hybridized carbons (Fsp3) is 0.564. The summed E-state index contributed by atoms with van der Waals surface area (Å²) in [4.78, 5) is 18.3. The number of ether oxygens (including phenoxy) is 2. The van der Waals surface area contributed by atoms with Gasteiger partial charge in [-0.25, -0.2) is 0 Å². The summed E-state index contributed by atoms with van der Waals surface area (Å²) in [5.41, 5.74) is 3.87. The lowest BCUT2D eigenvalue weighted by Crippen LogP contribution is -2.35. The molecule has 2 aromatic carbocycles. The van der Waals surface area contributed by atoms with Crippen molar-refractivity contribution >= 4 is 17.9 Å². The van der Waals surface area contributed by atoms with E-state index in [1.165, 1.54) is 77.8 Å². The van der Waals surface area contributed by atoms with Crippen molar-refractivity contribution in [2.24, 2.45) is 11.8 Å². The molecule has 2 saturated heterocycles. The number of allylic oxidation sites excluding steroid dienone is 2. The Morgan fingerprint density at radius 1 is 0.659 bits per heavy atom. The number of hydrogen-bond acceptors (Lipinski definition) is 5. The molecule has 2 heterocycles. The zero-order valence-electron chi connectivity index (χ0n) is 27.3. The third-order valence-electron chi connectivity index (χ3n) is 9.45. The van der Waals surface area contributed by atoms with Gasteiger partial charge in [0.25, 0.3) is 0 Å². The molecule has 3 fully saturated rings. The van der Waals surface area contributed by atoms with Gasteiger partial charge < -0.3 is 19.3 Å². The Bertz CT molecular complexity index is 1140. The van der Waals surface area contributed by atoms with Gasteiger partial charge in [-0.2, -0.15) is 0 Å². The predicted molar refractivity (Wildman–Crippen MR) is 182 cm³/mol. The van der Waals surface area contributed by atoms with E-state index in [-0.39, 0.29) is 5.78 Å². The average Bonchev–Trinajstić information content (AvgIpc) is 3.36. The number of carbonyl (C=O) groups is 1. The van der Waals surface area contributed by atoms with Gasteiger partial charge in [0.1, 0.15) is 11.5 Å². The van der Waals surface area contributed by atoms with Crippen molar-refractivity contribution in [1.82, 2.24) is 9.80 Å². The fourth-order valence-corrected chi connectivity index (χ4v) is 6.94. The summed E-state index contributed by atoms with van der Waals surface area (Å²) in [6, 6.07) is 16.3. The standard InChI is InChI=1S/C39H54N2O3/c1-31-9-7-23-40(29-31)21-3-5-25-43-37-17-11-33(12-18-37)27-35-15-16-36(39(35)42)28-34-13-19-38(20-14-34)44-26-6-4-22-41-24-8-10-32(2)30-41/h11-14,17-20,27-28,31-32H,3-10,15-16,21-26,29-30H2,1-2H3/b35-27+,36-28+. The van der Waals surface area contributed by atoms with Crippen LogP contribution in [0.3, 0.4) is 0 Å². The molecule has 44 heavy (non-hydrogen) atoms. The first-order valence-electron chi connectivity index (χ1n) is 17.4. The normalized spacial score (nSPS) is 23.5. The largest absolute Gasteiger partial charge is 0.494 e. The average molecular weight is 599 g/mol. The molecule has 3 aliphatic rings. The smallest absolute Gasteiger partial charge is 0.185 e. The second kappa shape index (κ2) is 17.0. The number of ketones is 1. The lowest BCUT2D eigenvalue weighted by molar-refractivity contribution is -0.111. The highest BCUT2D eigenvalue weighted by Gasteiger charge is 2.23. The molecule has 1 aliphatic carbocycles. The number of piperidine rings is 2. The number of unbranched alkanes of at least 4 members (excludes halogenated alkanes) is 2. The minimum Gasteiger partial charge on any atom is -0.494 e. The second-order valence-electron chi connectivity index (χ2n) is 13.5. The molecule has 0 bridgehead atoms. The quantitative estimate of drug-likeness (QED) is 0.162. The lowest BCUT2D eigenvalue weighted by Gasteiger charge is -2.30. The van der Waals surface area contributed by atoms with Crippen molar-refractivity contribution in [2.45, 2.75) is 78.1 Å². The van der Waals surface area contributed by atoms with E-state index in [0.29, 0.717) is 0 Å². The number of carbonyl (C=O) groups excluding carboxylic acids is 1. The molecule has 2 aromatic rings. The van der Waals surface area contributed by atoms with Crippen LogP contribution in [0.5, 0.6) is 11.5 Å². The van der Waals surface area contributed by atoms with Crippen molar-refractivity contribution in [3.05, 3.63) is 70.8 Å². The van der Waals surface area contributed by atoms with E-state index in [9.17, 15) is 4.79 Å². The van der Waals surface area contributed by atoms with E-state index < -0.39 is 0 Å². The lowest BCUT2D eigenvalue weighted by atomic mass is 10.0. The Labute approximate surface area is 266 Å². The molecule has 238 valence electrons. The van der Waals surface area contributed by atoms with Crippen LogP contribution in [0.4, 0.5) is 0 Å². The summed E-state index contributed by atoms with van der Waals surface area (Å²) in [7, 11) is 0. The zero-order chi connectivity index (χ0) is 30.6. The topological polar surface area (TPSA) is 42.0 Å². The van der Waals surface area contributed by atoms with Crippen LogP contribution in [-0.4, -0.2) is 68.1 Å². The Morgan fingerprint density at radius 3 is 1.50 bits per heavy atom. The van der Waals surface area contributed by atoms with Gasteiger partial charge in [-0.15, -0.1) is 0 Å². The third kappa shape index (κ3) is 10.3. The highest BCUT2D eigenvalue weighted by molar-refractivity contribution is 6.15. The summed E-state index contributed by atoms with van der Waals surface area (Å²) in [6.45, 7) is 13.6. The summed E-state index contributed by atoms with van der Waals surface area (Å²) in [5.74, 6) is 3.64. The molecule has 2 unspecified atom stereocenters. The first-order chi connectivity index (χ1) is 21.5. The summed E-state index contributed by atoms with van der Waals surface area (Å²) < 4.78 is 12.0. The Balaban J connectivity index is 1.00. The molecule has 0 radical (unpaired) electrons. The van der Waals surface area contributed by atoms with Crippen LogP contribution in [-0.2, 0) is 4.79 Å². The number of benzene rings is 2. The maximum atomic E-state index is 13.1. The predicted octanol–water partition coefficient (Wildman–Crippen LogP) is 8.30. The molecular weight excluding hydrogens is 544 g/mol.